The first-order chi connectivity index (χ1) is 6.06. The molecule has 0 aliphatic rings. The van der Waals surface area contributed by atoms with Crippen LogP contribution < -0.4 is 0 Å². The molecule has 76 valence electrons. The summed E-state index contributed by atoms with van der Waals surface area (Å²) in [5, 5.41) is 8.92. The number of carbonyl (C=O) groups is 1. The minimum atomic E-state index is -2.99. The van der Waals surface area contributed by atoms with Gasteiger partial charge in [0.1, 0.15) is 0 Å². The van der Waals surface area contributed by atoms with Crippen molar-refractivity contribution in [3.63, 3.8) is 0 Å². The van der Waals surface area contributed by atoms with Crippen LogP contribution in [0.2, 0.25) is 0 Å². The maximum Gasteiger partial charge on any atom is 0.332 e. The standard InChI is InChI=1S/C6H11O6P/c1-2-5(7)12-6(8)3-4-11-13(9)10/h2,6,8,13H,1,3-4H2,(H,9,10). The summed E-state index contributed by atoms with van der Waals surface area (Å²) in [5.74, 6) is -0.760. The van der Waals surface area contributed by atoms with E-state index in [9.17, 15) is 9.36 Å². The summed E-state index contributed by atoms with van der Waals surface area (Å²) in [6, 6.07) is 0. The average molecular weight is 210 g/mol. The van der Waals surface area contributed by atoms with Gasteiger partial charge in [0.2, 0.25) is 6.29 Å². The lowest BCUT2D eigenvalue weighted by molar-refractivity contribution is -0.163. The van der Waals surface area contributed by atoms with Crippen molar-refractivity contribution in [3.8, 4) is 0 Å². The number of esters is 1. The molecule has 0 saturated carbocycles. The van der Waals surface area contributed by atoms with Crippen LogP contribution in [0.4, 0.5) is 0 Å². The van der Waals surface area contributed by atoms with Crippen LogP contribution in [0.15, 0.2) is 12.7 Å². The lowest BCUT2D eigenvalue weighted by Crippen LogP contribution is -2.17. The molecule has 0 amide bonds. The first-order valence-electron chi connectivity index (χ1n) is 3.43. The van der Waals surface area contributed by atoms with Gasteiger partial charge in [0.05, 0.1) is 6.61 Å². The third-order valence-electron chi connectivity index (χ3n) is 1.01. The Morgan fingerprint density at radius 1 is 1.69 bits per heavy atom. The van der Waals surface area contributed by atoms with Crippen LogP contribution in [0.3, 0.4) is 0 Å². The molecule has 0 aliphatic carbocycles. The summed E-state index contributed by atoms with van der Waals surface area (Å²) in [5.41, 5.74) is 0. The number of carbonyl (C=O) groups excluding carboxylic acids is 1. The number of ether oxygens (including phenoxy) is 1. The highest BCUT2D eigenvalue weighted by Crippen LogP contribution is 2.14. The fourth-order valence-corrected chi connectivity index (χ4v) is 0.781. The third kappa shape index (κ3) is 7.67. The van der Waals surface area contributed by atoms with Gasteiger partial charge in [-0.1, -0.05) is 6.58 Å². The van der Waals surface area contributed by atoms with E-state index in [4.69, 9.17) is 10.00 Å². The molecule has 6 nitrogen and oxygen atoms in total. The van der Waals surface area contributed by atoms with Gasteiger partial charge in [-0.2, -0.15) is 0 Å². The fraction of sp³-hybridized carbons (Fsp3) is 0.500. The number of rotatable bonds is 6. The lowest BCUT2D eigenvalue weighted by Gasteiger charge is -2.09. The molecule has 0 aliphatic heterocycles. The maximum atomic E-state index is 10.5. The molecule has 2 atom stereocenters. The van der Waals surface area contributed by atoms with E-state index in [1.54, 1.807) is 0 Å². The third-order valence-corrected chi connectivity index (χ3v) is 1.46. The van der Waals surface area contributed by atoms with Crippen molar-refractivity contribution in [2.75, 3.05) is 6.61 Å². The van der Waals surface area contributed by atoms with E-state index in [1.807, 2.05) is 0 Å². The molecule has 0 aromatic heterocycles. The quantitative estimate of drug-likeness (QED) is 0.273. The number of hydrogen-bond acceptors (Lipinski definition) is 5. The molecule has 0 aromatic carbocycles. The summed E-state index contributed by atoms with van der Waals surface area (Å²) in [7, 11) is -2.99. The predicted octanol–water partition coefficient (Wildman–Crippen LogP) is -0.177. The molecule has 0 heterocycles. The molecule has 13 heavy (non-hydrogen) atoms. The molecule has 0 rings (SSSR count). The van der Waals surface area contributed by atoms with E-state index in [2.05, 4.69) is 15.8 Å². The minimum absolute atomic E-state index is 0.0590. The first-order valence-corrected chi connectivity index (χ1v) is 4.69. The average Bonchev–Trinajstić information content (AvgIpc) is 2.03. The van der Waals surface area contributed by atoms with Gasteiger partial charge in [-0.15, -0.1) is 0 Å². The minimum Gasteiger partial charge on any atom is -0.433 e. The largest absolute Gasteiger partial charge is 0.433 e. The van der Waals surface area contributed by atoms with Gasteiger partial charge in [-0.25, -0.2) is 4.79 Å². The molecule has 2 unspecified atom stereocenters. The summed E-state index contributed by atoms with van der Waals surface area (Å²) >= 11 is 0. The maximum absolute atomic E-state index is 10.5. The summed E-state index contributed by atoms with van der Waals surface area (Å²) in [6.07, 6.45) is -0.498. The molecule has 0 bridgehead atoms. The molecule has 0 spiro atoms. The van der Waals surface area contributed by atoms with E-state index in [-0.39, 0.29) is 13.0 Å². The Labute approximate surface area is 75.7 Å². The van der Waals surface area contributed by atoms with Gasteiger partial charge in [0, 0.05) is 12.5 Å². The Balaban J connectivity index is 3.51. The molecular weight excluding hydrogens is 199 g/mol. The second kappa shape index (κ2) is 6.80. The highest BCUT2D eigenvalue weighted by molar-refractivity contribution is 7.32. The Morgan fingerprint density at radius 3 is 2.77 bits per heavy atom. The zero-order valence-corrected chi connectivity index (χ0v) is 7.80. The van der Waals surface area contributed by atoms with Crippen molar-refractivity contribution in [2.24, 2.45) is 0 Å². The molecule has 2 N–H and O–H groups in total. The topological polar surface area (TPSA) is 93.1 Å². The van der Waals surface area contributed by atoms with Gasteiger partial charge < -0.3 is 19.3 Å². The van der Waals surface area contributed by atoms with E-state index in [1.165, 1.54) is 0 Å². The highest BCUT2D eigenvalue weighted by Gasteiger charge is 2.08. The zero-order valence-electron chi connectivity index (χ0n) is 6.80. The summed E-state index contributed by atoms with van der Waals surface area (Å²) < 4.78 is 18.6. The van der Waals surface area contributed by atoms with Crippen molar-refractivity contribution in [1.29, 1.82) is 0 Å². The Kier molecular flexibility index (Phi) is 6.44. The Hall–Kier alpha value is -0.680. The predicted molar refractivity (Wildman–Crippen MR) is 44.1 cm³/mol. The van der Waals surface area contributed by atoms with E-state index < -0.39 is 20.5 Å². The van der Waals surface area contributed by atoms with Crippen LogP contribution in [0.1, 0.15) is 6.42 Å². The van der Waals surface area contributed by atoms with Gasteiger partial charge in [-0.3, -0.25) is 4.57 Å². The van der Waals surface area contributed by atoms with Crippen LogP contribution in [0.25, 0.3) is 0 Å². The fourth-order valence-electron chi connectivity index (χ4n) is 0.488. The van der Waals surface area contributed by atoms with E-state index in [0.29, 0.717) is 0 Å². The van der Waals surface area contributed by atoms with Crippen molar-refractivity contribution in [1.82, 2.24) is 0 Å². The molecule has 0 aromatic rings. The lowest BCUT2D eigenvalue weighted by atomic mass is 10.4. The monoisotopic (exact) mass is 210 g/mol. The summed E-state index contributed by atoms with van der Waals surface area (Å²) in [4.78, 5) is 18.7. The van der Waals surface area contributed by atoms with Crippen molar-refractivity contribution < 1.29 is 28.6 Å². The Morgan fingerprint density at radius 2 is 2.31 bits per heavy atom. The zero-order chi connectivity index (χ0) is 10.3. The molecule has 0 fully saturated rings. The smallest absolute Gasteiger partial charge is 0.332 e. The number of hydrogen-bond donors (Lipinski definition) is 2. The van der Waals surface area contributed by atoms with Crippen molar-refractivity contribution in [2.45, 2.75) is 12.7 Å². The molecule has 0 radical (unpaired) electrons. The first kappa shape index (κ1) is 12.3. The molecule has 7 heteroatoms. The van der Waals surface area contributed by atoms with E-state index >= 15 is 0 Å². The SMILES string of the molecule is C=CC(=O)OC(O)CCO[PH](=O)O. The normalized spacial score (nSPS) is 14.6. The van der Waals surface area contributed by atoms with E-state index in [0.717, 1.165) is 6.08 Å². The van der Waals surface area contributed by atoms with Crippen molar-refractivity contribution in [3.05, 3.63) is 12.7 Å². The van der Waals surface area contributed by atoms with Gasteiger partial charge in [-0.05, 0) is 0 Å². The summed E-state index contributed by atoms with van der Waals surface area (Å²) in [6.45, 7) is 2.97. The highest BCUT2D eigenvalue weighted by atomic mass is 31.1. The van der Waals surface area contributed by atoms with Crippen LogP contribution in [0.5, 0.6) is 0 Å². The molecule has 0 saturated heterocycles. The van der Waals surface area contributed by atoms with Crippen LogP contribution in [-0.4, -0.2) is 28.9 Å². The second-order valence-electron chi connectivity index (χ2n) is 2.00. The second-order valence-corrected chi connectivity index (χ2v) is 2.82. The van der Waals surface area contributed by atoms with Crippen LogP contribution >= 0.6 is 8.25 Å². The van der Waals surface area contributed by atoms with Crippen molar-refractivity contribution >= 4 is 14.2 Å². The van der Waals surface area contributed by atoms with Gasteiger partial charge >= 0.3 is 14.2 Å². The van der Waals surface area contributed by atoms with Gasteiger partial charge in [0.25, 0.3) is 0 Å². The van der Waals surface area contributed by atoms with Crippen LogP contribution in [0, 0.1) is 0 Å². The number of aliphatic hydroxyl groups excluding tert-OH is 1. The van der Waals surface area contributed by atoms with Crippen LogP contribution in [-0.2, 0) is 18.6 Å². The Bertz CT molecular complexity index is 203. The molecular formula is C6H11O6P. The number of aliphatic hydroxyl groups is 1. The van der Waals surface area contributed by atoms with Gasteiger partial charge in [0.15, 0.2) is 0 Å².